The zero-order chi connectivity index (χ0) is 14.5. The van der Waals surface area contributed by atoms with Gasteiger partial charge in [-0.3, -0.25) is 4.79 Å². The summed E-state index contributed by atoms with van der Waals surface area (Å²) < 4.78 is 29.2. The summed E-state index contributed by atoms with van der Waals surface area (Å²) in [5.74, 6) is -1.27. The van der Waals surface area contributed by atoms with E-state index in [2.05, 4.69) is 0 Å². The van der Waals surface area contributed by atoms with E-state index in [1.54, 1.807) is 6.92 Å². The van der Waals surface area contributed by atoms with Crippen LogP contribution in [0.5, 0.6) is 0 Å². The van der Waals surface area contributed by atoms with Gasteiger partial charge in [-0.2, -0.15) is 5.26 Å². The zero-order valence-corrected chi connectivity index (χ0v) is 12.1. The lowest BCUT2D eigenvalue weighted by Crippen LogP contribution is -2.40. The van der Waals surface area contributed by atoms with Gasteiger partial charge < -0.3 is 4.74 Å². The van der Waals surface area contributed by atoms with E-state index < -0.39 is 21.9 Å². The molecule has 0 aromatic rings. The van der Waals surface area contributed by atoms with Crippen LogP contribution in [0.15, 0.2) is 0 Å². The van der Waals surface area contributed by atoms with Crippen molar-refractivity contribution >= 4 is 16.0 Å². The van der Waals surface area contributed by atoms with Crippen molar-refractivity contribution in [3.8, 4) is 6.07 Å². The lowest BCUT2D eigenvalue weighted by Gasteiger charge is -2.31. The number of carbonyl (C=O) groups is 1. The maximum absolute atomic E-state index is 11.5. The summed E-state index contributed by atoms with van der Waals surface area (Å²) in [7, 11) is -3.20. The molecule has 0 aromatic carbocycles. The Labute approximate surface area is 114 Å². The molecule has 19 heavy (non-hydrogen) atoms. The van der Waals surface area contributed by atoms with Crippen LogP contribution in [0.25, 0.3) is 0 Å². The predicted octanol–water partition coefficient (Wildman–Crippen LogP) is 0.751. The minimum absolute atomic E-state index is 0.0394. The molecule has 1 aliphatic rings. The van der Waals surface area contributed by atoms with Gasteiger partial charge in [-0.15, -0.1) is 0 Å². The van der Waals surface area contributed by atoms with Gasteiger partial charge in [0.1, 0.15) is 5.92 Å². The molecule has 0 aromatic heterocycles. The highest BCUT2D eigenvalue weighted by Crippen LogP contribution is 2.25. The number of nitrogens with zero attached hydrogens (tertiary/aromatic N) is 2. The van der Waals surface area contributed by atoms with Crippen molar-refractivity contribution in [2.45, 2.75) is 26.2 Å². The molecular formula is C12H20N2O4S. The average Bonchev–Trinajstić information content (AvgIpc) is 2.35. The van der Waals surface area contributed by atoms with E-state index in [-0.39, 0.29) is 12.5 Å². The molecule has 0 N–H and O–H groups in total. The fourth-order valence-electron chi connectivity index (χ4n) is 2.30. The largest absolute Gasteiger partial charge is 0.465 e. The molecule has 0 aliphatic carbocycles. The first kappa shape index (κ1) is 15.9. The first-order valence-corrected chi connectivity index (χ1v) is 8.24. The van der Waals surface area contributed by atoms with Crippen molar-refractivity contribution in [3.63, 3.8) is 0 Å². The van der Waals surface area contributed by atoms with Gasteiger partial charge in [0.2, 0.25) is 10.0 Å². The number of piperidine rings is 1. The van der Waals surface area contributed by atoms with E-state index in [0.717, 1.165) is 12.8 Å². The summed E-state index contributed by atoms with van der Waals surface area (Å²) in [6, 6.07) is 1.95. The second-order valence-corrected chi connectivity index (χ2v) is 6.78. The molecule has 6 nitrogen and oxygen atoms in total. The molecule has 1 aliphatic heterocycles. The zero-order valence-electron chi connectivity index (χ0n) is 11.3. The van der Waals surface area contributed by atoms with E-state index in [0.29, 0.717) is 19.5 Å². The average molecular weight is 288 g/mol. The van der Waals surface area contributed by atoms with Gasteiger partial charge in [-0.25, -0.2) is 12.7 Å². The SMILES string of the molecule is CCOC(=O)C(C#N)CC1CCCN(S(C)(=O)=O)C1. The smallest absolute Gasteiger partial charge is 0.323 e. The summed E-state index contributed by atoms with van der Waals surface area (Å²) in [5.41, 5.74) is 0. The summed E-state index contributed by atoms with van der Waals surface area (Å²) in [4.78, 5) is 11.5. The van der Waals surface area contributed by atoms with Crippen molar-refractivity contribution in [3.05, 3.63) is 0 Å². The molecule has 108 valence electrons. The molecule has 1 saturated heterocycles. The Bertz CT molecular complexity index is 455. The third kappa shape index (κ3) is 4.80. The number of esters is 1. The molecule has 0 spiro atoms. The van der Waals surface area contributed by atoms with Crippen molar-refractivity contribution in [1.29, 1.82) is 5.26 Å². The van der Waals surface area contributed by atoms with Crippen LogP contribution in [0, 0.1) is 23.2 Å². The Morgan fingerprint density at radius 3 is 2.79 bits per heavy atom. The highest BCUT2D eigenvalue weighted by atomic mass is 32.2. The third-order valence-corrected chi connectivity index (χ3v) is 4.52. The number of rotatable bonds is 5. The molecule has 1 rings (SSSR count). The Morgan fingerprint density at radius 2 is 2.26 bits per heavy atom. The van der Waals surface area contributed by atoms with Gasteiger partial charge in [0, 0.05) is 13.1 Å². The highest BCUT2D eigenvalue weighted by Gasteiger charge is 2.30. The fraction of sp³-hybridized carbons (Fsp3) is 0.833. The van der Waals surface area contributed by atoms with Crippen LogP contribution in [-0.2, 0) is 19.6 Å². The van der Waals surface area contributed by atoms with Crippen LogP contribution in [0.1, 0.15) is 26.2 Å². The topological polar surface area (TPSA) is 87.5 Å². The van der Waals surface area contributed by atoms with E-state index in [1.165, 1.54) is 10.6 Å². The molecule has 1 fully saturated rings. The molecule has 7 heteroatoms. The van der Waals surface area contributed by atoms with Crippen LogP contribution in [0.3, 0.4) is 0 Å². The van der Waals surface area contributed by atoms with Gasteiger partial charge in [0.25, 0.3) is 0 Å². The standard InChI is InChI=1S/C12H20N2O4S/c1-3-18-12(15)11(8-13)7-10-5-4-6-14(9-10)19(2,16)17/h10-11H,3-7,9H2,1-2H3. The quantitative estimate of drug-likeness (QED) is 0.697. The van der Waals surface area contributed by atoms with Crippen LogP contribution in [-0.4, -0.2) is 44.6 Å². The van der Waals surface area contributed by atoms with Crippen molar-refractivity contribution in [1.82, 2.24) is 4.31 Å². The Balaban J connectivity index is 2.61. The minimum Gasteiger partial charge on any atom is -0.465 e. The molecule has 0 saturated carbocycles. The molecular weight excluding hydrogens is 268 g/mol. The summed E-state index contributed by atoms with van der Waals surface area (Å²) in [5, 5.41) is 9.00. The normalized spacial score (nSPS) is 22.5. The number of sulfonamides is 1. The summed E-state index contributed by atoms with van der Waals surface area (Å²) in [6.07, 6.45) is 3.15. The summed E-state index contributed by atoms with van der Waals surface area (Å²) >= 11 is 0. The molecule has 2 atom stereocenters. The van der Waals surface area contributed by atoms with Gasteiger partial charge in [0.05, 0.1) is 18.9 Å². The van der Waals surface area contributed by atoms with Gasteiger partial charge in [-0.1, -0.05) is 0 Å². The number of nitriles is 1. The first-order valence-electron chi connectivity index (χ1n) is 6.39. The van der Waals surface area contributed by atoms with E-state index in [9.17, 15) is 13.2 Å². The third-order valence-electron chi connectivity index (χ3n) is 3.25. The van der Waals surface area contributed by atoms with Crippen LogP contribution in [0.2, 0.25) is 0 Å². The van der Waals surface area contributed by atoms with Crippen molar-refractivity contribution in [2.75, 3.05) is 26.0 Å². The molecule has 0 amide bonds. The van der Waals surface area contributed by atoms with E-state index >= 15 is 0 Å². The number of ether oxygens (including phenoxy) is 1. The first-order chi connectivity index (χ1) is 8.88. The lowest BCUT2D eigenvalue weighted by atomic mass is 9.89. The van der Waals surface area contributed by atoms with Gasteiger partial charge >= 0.3 is 5.97 Å². The Hall–Kier alpha value is -1.13. The number of hydrogen-bond donors (Lipinski definition) is 0. The van der Waals surface area contributed by atoms with Crippen molar-refractivity contribution < 1.29 is 17.9 Å². The van der Waals surface area contributed by atoms with Crippen molar-refractivity contribution in [2.24, 2.45) is 11.8 Å². The molecule has 0 bridgehead atoms. The predicted molar refractivity (Wildman–Crippen MR) is 69.5 cm³/mol. The van der Waals surface area contributed by atoms with Crippen LogP contribution < -0.4 is 0 Å². The molecule has 1 heterocycles. The fourth-order valence-corrected chi connectivity index (χ4v) is 3.24. The second-order valence-electron chi connectivity index (χ2n) is 4.80. The highest BCUT2D eigenvalue weighted by molar-refractivity contribution is 7.88. The maximum atomic E-state index is 11.5. The van der Waals surface area contributed by atoms with Gasteiger partial charge in [0.15, 0.2) is 0 Å². The van der Waals surface area contributed by atoms with E-state index in [1.807, 2.05) is 6.07 Å². The van der Waals surface area contributed by atoms with E-state index in [4.69, 9.17) is 10.00 Å². The lowest BCUT2D eigenvalue weighted by molar-refractivity contribution is -0.146. The number of hydrogen-bond acceptors (Lipinski definition) is 5. The molecule has 0 radical (unpaired) electrons. The van der Waals surface area contributed by atoms with Gasteiger partial charge in [-0.05, 0) is 32.1 Å². The molecule has 2 unspecified atom stereocenters. The summed E-state index contributed by atoms with van der Waals surface area (Å²) in [6.45, 7) is 2.85. The monoisotopic (exact) mass is 288 g/mol. The van der Waals surface area contributed by atoms with Crippen LogP contribution in [0.4, 0.5) is 0 Å². The number of carbonyl (C=O) groups excluding carboxylic acids is 1. The Morgan fingerprint density at radius 1 is 1.58 bits per heavy atom. The van der Waals surface area contributed by atoms with Crippen LogP contribution >= 0.6 is 0 Å². The minimum atomic E-state index is -3.20. The second kappa shape index (κ2) is 6.87. The Kier molecular flexibility index (Phi) is 5.76. The maximum Gasteiger partial charge on any atom is 0.323 e.